The standard InChI is InChI=1S/C24H26N2O3/c1-24(2,19-9-13-21(28-3)14-10-19)26-23(27)25-20-11-15-22(16-12-20)29-17-18-7-5-4-6-8-18/h4-16H,17H2,1-3H3,(H2,25,26,27). The van der Waals surface area contributed by atoms with Crippen LogP contribution in [0.2, 0.25) is 0 Å². The summed E-state index contributed by atoms with van der Waals surface area (Å²) in [6, 6.07) is 24.7. The molecule has 0 aliphatic carbocycles. The van der Waals surface area contributed by atoms with Gasteiger partial charge in [-0.2, -0.15) is 0 Å². The molecule has 0 saturated carbocycles. The van der Waals surface area contributed by atoms with E-state index >= 15 is 0 Å². The van der Waals surface area contributed by atoms with E-state index in [-0.39, 0.29) is 6.03 Å². The fourth-order valence-corrected chi connectivity index (χ4v) is 2.90. The van der Waals surface area contributed by atoms with E-state index in [2.05, 4.69) is 10.6 Å². The van der Waals surface area contributed by atoms with E-state index in [1.165, 1.54) is 0 Å². The van der Waals surface area contributed by atoms with Gasteiger partial charge in [0.05, 0.1) is 12.6 Å². The van der Waals surface area contributed by atoms with Gasteiger partial charge in [-0.15, -0.1) is 0 Å². The van der Waals surface area contributed by atoms with Crippen LogP contribution < -0.4 is 20.1 Å². The fourth-order valence-electron chi connectivity index (χ4n) is 2.90. The molecule has 0 radical (unpaired) electrons. The maximum absolute atomic E-state index is 12.4. The highest BCUT2D eigenvalue weighted by Crippen LogP contribution is 2.23. The number of methoxy groups -OCH3 is 1. The van der Waals surface area contributed by atoms with E-state index in [1.807, 2.05) is 92.7 Å². The number of amides is 2. The Morgan fingerprint density at radius 3 is 2.10 bits per heavy atom. The van der Waals surface area contributed by atoms with E-state index in [0.717, 1.165) is 22.6 Å². The van der Waals surface area contributed by atoms with E-state index in [9.17, 15) is 4.79 Å². The summed E-state index contributed by atoms with van der Waals surface area (Å²) in [6.45, 7) is 4.41. The fraction of sp³-hybridized carbons (Fsp3) is 0.208. The van der Waals surface area contributed by atoms with Crippen LogP contribution in [-0.2, 0) is 12.1 Å². The van der Waals surface area contributed by atoms with Gasteiger partial charge < -0.3 is 20.1 Å². The van der Waals surface area contributed by atoms with Gasteiger partial charge in [-0.05, 0) is 61.4 Å². The molecule has 0 aliphatic heterocycles. The number of urea groups is 1. The van der Waals surface area contributed by atoms with Gasteiger partial charge >= 0.3 is 6.03 Å². The lowest BCUT2D eigenvalue weighted by Crippen LogP contribution is -2.43. The van der Waals surface area contributed by atoms with Crippen LogP contribution in [0.4, 0.5) is 10.5 Å². The first-order chi connectivity index (χ1) is 14.0. The molecule has 0 aliphatic rings. The van der Waals surface area contributed by atoms with Crippen LogP contribution >= 0.6 is 0 Å². The zero-order valence-corrected chi connectivity index (χ0v) is 16.9. The lowest BCUT2D eigenvalue weighted by molar-refractivity contribution is 0.242. The minimum atomic E-state index is -0.533. The smallest absolute Gasteiger partial charge is 0.319 e. The van der Waals surface area contributed by atoms with Crippen LogP contribution in [0.5, 0.6) is 11.5 Å². The van der Waals surface area contributed by atoms with Gasteiger partial charge in [-0.25, -0.2) is 4.79 Å². The number of carbonyl (C=O) groups is 1. The van der Waals surface area contributed by atoms with Crippen molar-refractivity contribution in [3.8, 4) is 11.5 Å². The highest BCUT2D eigenvalue weighted by molar-refractivity contribution is 5.89. The average Bonchev–Trinajstić information content (AvgIpc) is 2.73. The lowest BCUT2D eigenvalue weighted by Gasteiger charge is -2.27. The average molecular weight is 390 g/mol. The van der Waals surface area contributed by atoms with Gasteiger partial charge in [0.2, 0.25) is 0 Å². The van der Waals surface area contributed by atoms with Crippen LogP contribution in [0.3, 0.4) is 0 Å². The molecule has 2 amide bonds. The van der Waals surface area contributed by atoms with Crippen LogP contribution in [0.1, 0.15) is 25.0 Å². The predicted molar refractivity (Wildman–Crippen MR) is 115 cm³/mol. The van der Waals surface area contributed by atoms with Crippen molar-refractivity contribution in [2.75, 3.05) is 12.4 Å². The number of rotatable bonds is 7. The molecule has 0 saturated heterocycles. The number of ether oxygens (including phenoxy) is 2. The molecule has 0 spiro atoms. The third kappa shape index (κ3) is 5.75. The molecule has 5 nitrogen and oxygen atoms in total. The van der Waals surface area contributed by atoms with Crippen molar-refractivity contribution in [2.45, 2.75) is 26.0 Å². The summed E-state index contributed by atoms with van der Waals surface area (Å²) in [4.78, 5) is 12.4. The number of hydrogen-bond donors (Lipinski definition) is 2. The molecule has 0 bridgehead atoms. The topological polar surface area (TPSA) is 59.6 Å². The molecular formula is C24H26N2O3. The Labute approximate surface area is 171 Å². The molecule has 3 rings (SSSR count). The van der Waals surface area contributed by atoms with Gasteiger partial charge in [-0.1, -0.05) is 42.5 Å². The Morgan fingerprint density at radius 2 is 1.48 bits per heavy atom. The summed E-state index contributed by atoms with van der Waals surface area (Å²) in [7, 11) is 1.63. The number of hydrogen-bond acceptors (Lipinski definition) is 3. The predicted octanol–water partition coefficient (Wildman–Crippen LogP) is 5.33. The van der Waals surface area contributed by atoms with Crippen LogP contribution in [0, 0.1) is 0 Å². The molecule has 0 unspecified atom stereocenters. The van der Waals surface area contributed by atoms with E-state index in [0.29, 0.717) is 12.3 Å². The van der Waals surface area contributed by atoms with Crippen molar-refractivity contribution in [1.82, 2.24) is 5.32 Å². The largest absolute Gasteiger partial charge is 0.497 e. The van der Waals surface area contributed by atoms with Crippen molar-refractivity contribution in [3.63, 3.8) is 0 Å². The SMILES string of the molecule is COc1ccc(C(C)(C)NC(=O)Nc2ccc(OCc3ccccc3)cc2)cc1. The van der Waals surface area contributed by atoms with Gasteiger partial charge in [0.1, 0.15) is 18.1 Å². The Kier molecular flexibility index (Phi) is 6.39. The molecule has 150 valence electrons. The highest BCUT2D eigenvalue weighted by atomic mass is 16.5. The Hall–Kier alpha value is -3.47. The van der Waals surface area contributed by atoms with Crippen molar-refractivity contribution in [3.05, 3.63) is 90.0 Å². The third-order valence-electron chi connectivity index (χ3n) is 4.60. The molecule has 3 aromatic carbocycles. The Morgan fingerprint density at radius 1 is 0.862 bits per heavy atom. The van der Waals surface area contributed by atoms with Crippen LogP contribution in [-0.4, -0.2) is 13.1 Å². The number of nitrogens with one attached hydrogen (secondary N) is 2. The molecule has 0 atom stereocenters. The second-order valence-corrected chi connectivity index (χ2v) is 7.23. The maximum atomic E-state index is 12.4. The minimum absolute atomic E-state index is 0.274. The van der Waals surface area contributed by atoms with E-state index < -0.39 is 5.54 Å². The van der Waals surface area contributed by atoms with Crippen molar-refractivity contribution in [1.29, 1.82) is 0 Å². The van der Waals surface area contributed by atoms with Crippen molar-refractivity contribution in [2.24, 2.45) is 0 Å². The van der Waals surface area contributed by atoms with Gasteiger partial charge in [0.25, 0.3) is 0 Å². The Bertz CT molecular complexity index is 921. The first kappa shape index (κ1) is 20.3. The van der Waals surface area contributed by atoms with Gasteiger partial charge in [0.15, 0.2) is 0 Å². The molecule has 29 heavy (non-hydrogen) atoms. The normalized spacial score (nSPS) is 10.9. The molecule has 3 aromatic rings. The van der Waals surface area contributed by atoms with Gasteiger partial charge in [0, 0.05) is 5.69 Å². The minimum Gasteiger partial charge on any atom is -0.497 e. The summed E-state index contributed by atoms with van der Waals surface area (Å²) in [6.07, 6.45) is 0. The number of anilines is 1. The zero-order valence-electron chi connectivity index (χ0n) is 16.9. The van der Waals surface area contributed by atoms with Crippen LogP contribution in [0.15, 0.2) is 78.9 Å². The van der Waals surface area contributed by atoms with Crippen molar-refractivity contribution >= 4 is 11.7 Å². The van der Waals surface area contributed by atoms with Crippen molar-refractivity contribution < 1.29 is 14.3 Å². The monoisotopic (exact) mass is 390 g/mol. The summed E-state index contributed by atoms with van der Waals surface area (Å²) in [5.74, 6) is 1.53. The molecule has 0 fully saturated rings. The summed E-state index contributed by atoms with van der Waals surface area (Å²) in [5, 5.41) is 5.86. The quantitative estimate of drug-likeness (QED) is 0.573. The van der Waals surface area contributed by atoms with E-state index in [4.69, 9.17) is 9.47 Å². The first-order valence-corrected chi connectivity index (χ1v) is 9.47. The molecule has 5 heteroatoms. The van der Waals surface area contributed by atoms with E-state index in [1.54, 1.807) is 7.11 Å². The molecular weight excluding hydrogens is 364 g/mol. The highest BCUT2D eigenvalue weighted by Gasteiger charge is 2.22. The summed E-state index contributed by atoms with van der Waals surface area (Å²) in [5.41, 5.74) is 2.25. The maximum Gasteiger partial charge on any atom is 0.319 e. The second-order valence-electron chi connectivity index (χ2n) is 7.23. The summed E-state index contributed by atoms with van der Waals surface area (Å²) < 4.78 is 11.0. The Balaban J connectivity index is 1.54. The lowest BCUT2D eigenvalue weighted by atomic mass is 9.94. The summed E-state index contributed by atoms with van der Waals surface area (Å²) >= 11 is 0. The molecule has 0 heterocycles. The molecule has 0 aromatic heterocycles. The van der Waals surface area contributed by atoms with Gasteiger partial charge in [-0.3, -0.25) is 0 Å². The third-order valence-corrected chi connectivity index (χ3v) is 4.60. The molecule has 2 N–H and O–H groups in total. The zero-order chi connectivity index (χ0) is 20.7. The number of carbonyl (C=O) groups excluding carboxylic acids is 1. The second kappa shape index (κ2) is 9.15. The number of benzene rings is 3. The first-order valence-electron chi connectivity index (χ1n) is 9.47. The van der Waals surface area contributed by atoms with Crippen LogP contribution in [0.25, 0.3) is 0 Å².